The Bertz CT molecular complexity index is 430. The second-order valence-corrected chi connectivity index (χ2v) is 4.62. The fourth-order valence-corrected chi connectivity index (χ4v) is 2.11. The smallest absolute Gasteiger partial charge is 0.418 e. The molecule has 0 heterocycles. The van der Waals surface area contributed by atoms with Crippen molar-refractivity contribution in [3.8, 4) is 0 Å². The van der Waals surface area contributed by atoms with Crippen molar-refractivity contribution in [3.05, 3.63) is 29.2 Å². The topological polar surface area (TPSA) is 40.2 Å². The average molecular weight is 289 g/mol. The van der Waals surface area contributed by atoms with Gasteiger partial charge < -0.3 is 22.6 Å². The summed E-state index contributed by atoms with van der Waals surface area (Å²) in [6.45, 7) is 0. The molecule has 0 bridgehead atoms. The van der Waals surface area contributed by atoms with E-state index in [1.165, 1.54) is 32.1 Å². The van der Waals surface area contributed by atoms with Gasteiger partial charge in [-0.15, -0.1) is 0 Å². The van der Waals surface area contributed by atoms with E-state index in [2.05, 4.69) is 10.3 Å². The zero-order valence-corrected chi connectivity index (χ0v) is 10.9. The second kappa shape index (κ2) is 7.73. The maximum atomic E-state index is 9.75. The van der Waals surface area contributed by atoms with Crippen molar-refractivity contribution in [3.63, 3.8) is 0 Å². The molecular formula is C12H16BF4N3. The first kappa shape index (κ1) is 16.3. The van der Waals surface area contributed by atoms with Crippen molar-refractivity contribution < 1.29 is 17.3 Å². The number of anilines is 1. The van der Waals surface area contributed by atoms with Gasteiger partial charge in [-0.05, 0) is 25.0 Å². The molecule has 0 radical (unpaired) electrons. The minimum Gasteiger partial charge on any atom is -0.418 e. The number of halogens is 4. The molecule has 0 unspecified atom stereocenters. The van der Waals surface area contributed by atoms with Crippen LogP contribution in [0.15, 0.2) is 24.3 Å². The molecule has 1 aliphatic rings. The van der Waals surface area contributed by atoms with E-state index in [4.69, 9.17) is 5.39 Å². The van der Waals surface area contributed by atoms with Crippen molar-refractivity contribution in [2.45, 2.75) is 38.1 Å². The van der Waals surface area contributed by atoms with Crippen molar-refractivity contribution in [1.82, 2.24) is 0 Å². The largest absolute Gasteiger partial charge is 0.673 e. The molecule has 0 aromatic heterocycles. The fourth-order valence-electron chi connectivity index (χ4n) is 2.11. The van der Waals surface area contributed by atoms with Gasteiger partial charge in [-0.25, -0.2) is 0 Å². The summed E-state index contributed by atoms with van der Waals surface area (Å²) >= 11 is 0. The van der Waals surface area contributed by atoms with Gasteiger partial charge in [0.15, 0.2) is 4.98 Å². The van der Waals surface area contributed by atoms with Crippen LogP contribution in [-0.4, -0.2) is 13.3 Å². The Morgan fingerprint density at radius 1 is 1.00 bits per heavy atom. The summed E-state index contributed by atoms with van der Waals surface area (Å²) in [4.78, 5) is 3.13. The van der Waals surface area contributed by atoms with Crippen LogP contribution in [-0.2, 0) is 0 Å². The van der Waals surface area contributed by atoms with Crippen LogP contribution >= 0.6 is 0 Å². The number of nitrogens with one attached hydrogen (secondary N) is 1. The maximum Gasteiger partial charge on any atom is 0.673 e. The molecule has 1 saturated carbocycles. The SMILES string of the molecule is F[B-](F)(F)F.N#[N+]c1ccc(NC2CCCCC2)cc1. The molecule has 0 spiro atoms. The van der Waals surface area contributed by atoms with Gasteiger partial charge in [0.2, 0.25) is 5.39 Å². The Kier molecular flexibility index (Phi) is 6.29. The highest BCUT2D eigenvalue weighted by molar-refractivity contribution is 6.50. The highest BCUT2D eigenvalue weighted by Gasteiger charge is 2.20. The zero-order valence-electron chi connectivity index (χ0n) is 10.9. The lowest BCUT2D eigenvalue weighted by molar-refractivity contribution is 0.368. The van der Waals surface area contributed by atoms with Gasteiger partial charge >= 0.3 is 12.9 Å². The van der Waals surface area contributed by atoms with Crippen LogP contribution in [0.4, 0.5) is 28.6 Å². The predicted octanol–water partition coefficient (Wildman–Crippen LogP) is 5.22. The molecule has 1 aromatic carbocycles. The Morgan fingerprint density at radius 3 is 1.95 bits per heavy atom. The van der Waals surface area contributed by atoms with E-state index in [0.717, 1.165) is 5.69 Å². The highest BCUT2D eigenvalue weighted by Crippen LogP contribution is 2.23. The first-order valence-electron chi connectivity index (χ1n) is 6.47. The monoisotopic (exact) mass is 289 g/mol. The lowest BCUT2D eigenvalue weighted by Crippen LogP contribution is -2.21. The minimum absolute atomic E-state index is 0.601. The first-order chi connectivity index (χ1) is 9.38. The van der Waals surface area contributed by atoms with Gasteiger partial charge in [0, 0.05) is 23.9 Å². The van der Waals surface area contributed by atoms with Crippen LogP contribution < -0.4 is 5.32 Å². The number of benzene rings is 1. The molecule has 0 amide bonds. The van der Waals surface area contributed by atoms with E-state index in [-0.39, 0.29) is 0 Å². The molecule has 2 rings (SSSR count). The van der Waals surface area contributed by atoms with Gasteiger partial charge in [0.25, 0.3) is 0 Å². The molecular weight excluding hydrogens is 273 g/mol. The number of hydrogen-bond donors (Lipinski definition) is 1. The molecule has 0 aliphatic heterocycles. The summed E-state index contributed by atoms with van der Waals surface area (Å²) in [6, 6.07) is 8.17. The standard InChI is InChI=1S/C12H16N3.BF4/c13-15-12-8-6-11(7-9-12)14-10-4-2-1-3-5-10;2-1(3,4)5/h6-10,14H,1-5H2;/q+1;-1. The van der Waals surface area contributed by atoms with Crippen molar-refractivity contribution in [2.75, 3.05) is 5.32 Å². The Balaban J connectivity index is 0.000000347. The molecule has 1 fully saturated rings. The fraction of sp³-hybridized carbons (Fsp3) is 0.500. The van der Waals surface area contributed by atoms with Crippen LogP contribution in [0.3, 0.4) is 0 Å². The highest BCUT2D eigenvalue weighted by atomic mass is 19.5. The zero-order chi connectivity index (χ0) is 15.0. The molecule has 110 valence electrons. The molecule has 1 aromatic rings. The minimum atomic E-state index is -6.00. The molecule has 1 N–H and O–H groups in total. The van der Waals surface area contributed by atoms with Crippen molar-refractivity contribution in [1.29, 1.82) is 5.39 Å². The van der Waals surface area contributed by atoms with Crippen LogP contribution in [0.5, 0.6) is 0 Å². The van der Waals surface area contributed by atoms with Crippen LogP contribution in [0.1, 0.15) is 32.1 Å². The lowest BCUT2D eigenvalue weighted by Gasteiger charge is -2.23. The van der Waals surface area contributed by atoms with Crippen molar-refractivity contribution >= 4 is 18.6 Å². The van der Waals surface area contributed by atoms with Gasteiger partial charge in [-0.2, -0.15) is 0 Å². The summed E-state index contributed by atoms with van der Waals surface area (Å²) in [5.41, 5.74) is 1.72. The Morgan fingerprint density at radius 2 is 1.50 bits per heavy atom. The van der Waals surface area contributed by atoms with Gasteiger partial charge in [0.05, 0.1) is 0 Å². The predicted molar refractivity (Wildman–Crippen MR) is 71.9 cm³/mol. The van der Waals surface area contributed by atoms with Crippen LogP contribution in [0, 0.1) is 5.39 Å². The third-order valence-corrected chi connectivity index (χ3v) is 2.96. The summed E-state index contributed by atoms with van der Waals surface area (Å²) < 4.78 is 39.0. The summed E-state index contributed by atoms with van der Waals surface area (Å²) in [7, 11) is -6.00. The lowest BCUT2D eigenvalue weighted by atomic mass is 9.95. The third kappa shape index (κ3) is 7.61. The molecule has 20 heavy (non-hydrogen) atoms. The van der Waals surface area contributed by atoms with E-state index in [0.29, 0.717) is 11.7 Å². The van der Waals surface area contributed by atoms with Gasteiger partial charge in [-0.1, -0.05) is 19.3 Å². The van der Waals surface area contributed by atoms with E-state index in [1.54, 1.807) is 0 Å². The Labute approximate surface area is 115 Å². The maximum absolute atomic E-state index is 9.75. The van der Waals surface area contributed by atoms with E-state index in [9.17, 15) is 17.3 Å². The summed E-state index contributed by atoms with van der Waals surface area (Å²) in [5, 5.41) is 12.1. The average Bonchev–Trinajstić information content (AvgIpc) is 2.39. The van der Waals surface area contributed by atoms with Crippen LogP contribution in [0.25, 0.3) is 4.98 Å². The van der Waals surface area contributed by atoms with Crippen LogP contribution in [0.2, 0.25) is 0 Å². The van der Waals surface area contributed by atoms with Crippen molar-refractivity contribution in [2.24, 2.45) is 0 Å². The Hall–Kier alpha value is -1.78. The quantitative estimate of drug-likeness (QED) is 0.461. The number of hydrogen-bond acceptors (Lipinski definition) is 2. The third-order valence-electron chi connectivity index (χ3n) is 2.96. The number of nitrogens with zero attached hydrogens (tertiary/aromatic N) is 2. The molecule has 0 saturated heterocycles. The second-order valence-electron chi connectivity index (χ2n) is 4.62. The van der Waals surface area contributed by atoms with E-state index in [1.807, 2.05) is 24.3 Å². The normalized spacial score (nSPS) is 15.8. The first-order valence-corrected chi connectivity index (χ1v) is 6.47. The van der Waals surface area contributed by atoms with E-state index >= 15 is 0 Å². The summed E-state index contributed by atoms with van der Waals surface area (Å²) in [5.74, 6) is 0. The van der Waals surface area contributed by atoms with Gasteiger partial charge in [-0.3, -0.25) is 0 Å². The van der Waals surface area contributed by atoms with E-state index < -0.39 is 7.25 Å². The number of rotatable bonds is 2. The molecule has 8 heteroatoms. The number of diazo groups is 1. The van der Waals surface area contributed by atoms with Gasteiger partial charge in [0.1, 0.15) is 0 Å². The summed E-state index contributed by atoms with van der Waals surface area (Å²) in [6.07, 6.45) is 6.59. The molecule has 1 aliphatic carbocycles. The molecule has 3 nitrogen and oxygen atoms in total. The molecule has 0 atom stereocenters.